The van der Waals surface area contributed by atoms with E-state index < -0.39 is 20.5 Å². The maximum atomic E-state index is 12.0. The summed E-state index contributed by atoms with van der Waals surface area (Å²) < 4.78 is 36.0. The predicted molar refractivity (Wildman–Crippen MR) is 139 cm³/mol. The number of hydrogen-bond donors (Lipinski definition) is 6. The van der Waals surface area contributed by atoms with Gasteiger partial charge in [0.05, 0.1) is 64.9 Å². The van der Waals surface area contributed by atoms with Gasteiger partial charge in [0.25, 0.3) is 0 Å². The highest BCUT2D eigenvalue weighted by atomic mass is 32.2. The number of aliphatic hydroxyl groups is 1. The Hall–Kier alpha value is -1.00. The van der Waals surface area contributed by atoms with E-state index in [-0.39, 0.29) is 43.8 Å². The zero-order chi connectivity index (χ0) is 27.6. The molecule has 2 aliphatic rings. The van der Waals surface area contributed by atoms with Gasteiger partial charge in [0.15, 0.2) is 0 Å². The van der Waals surface area contributed by atoms with Crippen molar-refractivity contribution in [3.05, 3.63) is 0 Å². The van der Waals surface area contributed by atoms with Crippen molar-refractivity contribution in [1.82, 2.24) is 16.0 Å². The highest BCUT2D eigenvalue weighted by Gasteiger charge is 2.42. The van der Waals surface area contributed by atoms with Crippen LogP contribution in [0.25, 0.3) is 0 Å². The number of ether oxygens (including phenoxy) is 4. The van der Waals surface area contributed by atoms with E-state index in [4.69, 9.17) is 28.7 Å². The van der Waals surface area contributed by atoms with E-state index >= 15 is 0 Å². The number of rotatable bonds is 23. The maximum absolute atomic E-state index is 12.0. The summed E-state index contributed by atoms with van der Waals surface area (Å²) >= 11 is 1.89. The summed E-state index contributed by atoms with van der Waals surface area (Å²) in [7, 11) is -4.60. The highest BCUT2D eigenvalue weighted by Crippen LogP contribution is 2.35. The van der Waals surface area contributed by atoms with E-state index in [1.54, 1.807) is 0 Å². The average Bonchev–Trinajstić information content (AvgIpc) is 3.41. The Kier molecular flexibility index (Phi) is 16.7. The minimum Gasteiger partial charge on any atom is -0.388 e. The van der Waals surface area contributed by atoms with Crippen molar-refractivity contribution in [2.75, 3.05) is 71.8 Å². The van der Waals surface area contributed by atoms with Crippen molar-refractivity contribution in [3.8, 4) is 0 Å². The lowest BCUT2D eigenvalue weighted by Gasteiger charge is -2.16. The van der Waals surface area contributed by atoms with E-state index in [1.165, 1.54) is 0 Å². The number of carbonyl (C=O) groups is 2. The molecule has 0 spiro atoms. The molecule has 1 unspecified atom stereocenters. The lowest BCUT2D eigenvalue weighted by atomic mass is 10.0. The Morgan fingerprint density at radius 1 is 0.974 bits per heavy atom. The molecule has 2 rings (SSSR count). The lowest BCUT2D eigenvalue weighted by molar-refractivity contribution is -0.121. The summed E-state index contributed by atoms with van der Waals surface area (Å²) in [5.74, 6) is 1.00. The van der Waals surface area contributed by atoms with E-state index in [2.05, 4.69) is 20.5 Å². The summed E-state index contributed by atoms with van der Waals surface area (Å²) in [6.07, 6.45) is 2.91. The molecule has 2 fully saturated rings. The van der Waals surface area contributed by atoms with Gasteiger partial charge in [-0.15, -0.1) is 0 Å². The molecular weight excluding hydrogens is 545 g/mol. The van der Waals surface area contributed by atoms with Crippen LogP contribution in [0.2, 0.25) is 0 Å². The number of nitrogens with one attached hydrogen (secondary N) is 3. The summed E-state index contributed by atoms with van der Waals surface area (Å²) in [6.45, 7) is 2.61. The zero-order valence-electron chi connectivity index (χ0n) is 21.6. The Bertz CT molecular complexity index is 733. The van der Waals surface area contributed by atoms with Gasteiger partial charge in [-0.25, -0.2) is 9.36 Å². The first kappa shape index (κ1) is 33.2. The quantitative estimate of drug-likeness (QED) is 0.0522. The molecule has 222 valence electrons. The molecule has 0 saturated carbocycles. The molecule has 2 saturated heterocycles. The Morgan fingerprint density at radius 3 is 2.32 bits per heavy atom. The number of amides is 3. The molecule has 0 aromatic rings. The first-order chi connectivity index (χ1) is 18.2. The number of thioether (sulfide) groups is 1. The van der Waals surface area contributed by atoms with Gasteiger partial charge in [-0.05, 0) is 19.3 Å². The molecule has 0 radical (unpaired) electrons. The van der Waals surface area contributed by atoms with Crippen LogP contribution in [0.1, 0.15) is 32.1 Å². The zero-order valence-corrected chi connectivity index (χ0v) is 23.3. The van der Waals surface area contributed by atoms with Gasteiger partial charge in [-0.1, -0.05) is 6.42 Å². The number of fused-ring (bicyclic) bond motifs is 1. The molecule has 0 aromatic carbocycles. The van der Waals surface area contributed by atoms with Gasteiger partial charge in [0, 0.05) is 30.6 Å². The number of unbranched alkanes of at least 4 members (excludes halogenated alkanes) is 1. The third-order valence-corrected chi connectivity index (χ3v) is 7.72. The van der Waals surface area contributed by atoms with Crippen molar-refractivity contribution in [2.24, 2.45) is 0 Å². The van der Waals surface area contributed by atoms with Crippen LogP contribution in [-0.4, -0.2) is 122 Å². The molecular formula is C22H42N3O11PS. The van der Waals surface area contributed by atoms with Crippen molar-refractivity contribution in [1.29, 1.82) is 0 Å². The standard InChI is InChI=1S/C22H42N3O11PS/c26-17(15-36-37(29,30)31)14-35-13-12-34-11-10-33-9-8-32-7-3-6-23-20(27)5-2-1-4-19-21-18(16-38-19)24-22(28)25-21/h17-19,21,26H,1-16H2,(H,23,27)(H2,24,25,28)(H2,29,30,31)/t17?,18-,19+,21+/m1/s1. The van der Waals surface area contributed by atoms with Crippen molar-refractivity contribution in [2.45, 2.75) is 55.5 Å². The SMILES string of the molecule is O=C(CCCC[C@@H]1SC[C@H]2NC(=O)N[C@H]12)NCCCOCCOCCOCCOCC(O)COP(=O)(O)O. The smallest absolute Gasteiger partial charge is 0.388 e. The van der Waals surface area contributed by atoms with Crippen LogP contribution in [-0.2, 0) is 32.8 Å². The number of carbonyl (C=O) groups excluding carboxylic acids is 2. The summed E-state index contributed by atoms with van der Waals surface area (Å²) in [4.78, 5) is 40.4. The fourth-order valence-corrected chi connectivity index (χ4v) is 5.78. The number of phosphoric acid groups is 1. The van der Waals surface area contributed by atoms with Crippen molar-refractivity contribution in [3.63, 3.8) is 0 Å². The fourth-order valence-electron chi connectivity index (χ4n) is 3.87. The molecule has 14 nitrogen and oxygen atoms in total. The second kappa shape index (κ2) is 19.1. The largest absolute Gasteiger partial charge is 0.469 e. The summed E-state index contributed by atoms with van der Waals surface area (Å²) in [5, 5.41) is 18.7. The molecule has 2 heterocycles. The third kappa shape index (κ3) is 15.6. The van der Waals surface area contributed by atoms with Gasteiger partial charge in [-0.2, -0.15) is 11.8 Å². The predicted octanol–water partition coefficient (Wildman–Crippen LogP) is -0.245. The van der Waals surface area contributed by atoms with Crippen LogP contribution in [0.4, 0.5) is 4.79 Å². The number of urea groups is 1. The molecule has 4 atom stereocenters. The molecule has 0 aromatic heterocycles. The van der Waals surface area contributed by atoms with Crippen molar-refractivity contribution < 1.29 is 52.5 Å². The monoisotopic (exact) mass is 587 g/mol. The van der Waals surface area contributed by atoms with E-state index in [0.717, 1.165) is 31.4 Å². The van der Waals surface area contributed by atoms with Crippen molar-refractivity contribution >= 4 is 31.5 Å². The van der Waals surface area contributed by atoms with Crippen LogP contribution >= 0.6 is 19.6 Å². The second-order valence-electron chi connectivity index (χ2n) is 8.92. The first-order valence-electron chi connectivity index (χ1n) is 12.9. The molecule has 38 heavy (non-hydrogen) atoms. The van der Waals surface area contributed by atoms with Gasteiger partial charge < -0.3 is 49.8 Å². The first-order valence-corrected chi connectivity index (χ1v) is 15.5. The van der Waals surface area contributed by atoms with E-state index in [9.17, 15) is 19.3 Å². The van der Waals surface area contributed by atoms with Crippen LogP contribution in [0.15, 0.2) is 0 Å². The number of hydrogen-bond acceptors (Lipinski definition) is 10. The topological polar surface area (TPSA) is 194 Å². The van der Waals surface area contributed by atoms with Crippen LogP contribution in [0, 0.1) is 0 Å². The number of phosphoric ester groups is 1. The molecule has 16 heteroatoms. The molecule has 2 aliphatic heterocycles. The fraction of sp³-hybridized carbons (Fsp3) is 0.909. The Balaban J connectivity index is 1.26. The van der Waals surface area contributed by atoms with E-state index in [1.807, 2.05) is 11.8 Å². The average molecular weight is 588 g/mol. The molecule has 0 aliphatic carbocycles. The Labute approximate surface area is 227 Å². The molecule has 6 N–H and O–H groups in total. The van der Waals surface area contributed by atoms with Crippen LogP contribution < -0.4 is 16.0 Å². The lowest BCUT2D eigenvalue weighted by Crippen LogP contribution is -2.36. The van der Waals surface area contributed by atoms with Crippen LogP contribution in [0.5, 0.6) is 0 Å². The van der Waals surface area contributed by atoms with Gasteiger partial charge >= 0.3 is 13.9 Å². The van der Waals surface area contributed by atoms with E-state index in [0.29, 0.717) is 51.2 Å². The van der Waals surface area contributed by atoms with Gasteiger partial charge in [-0.3, -0.25) is 9.32 Å². The van der Waals surface area contributed by atoms with Gasteiger partial charge in [0.2, 0.25) is 5.91 Å². The normalized spacial score (nSPS) is 21.7. The van der Waals surface area contributed by atoms with Gasteiger partial charge in [0.1, 0.15) is 6.10 Å². The number of aliphatic hydroxyl groups excluding tert-OH is 1. The second-order valence-corrected chi connectivity index (χ2v) is 11.4. The minimum absolute atomic E-state index is 0.0524. The summed E-state index contributed by atoms with van der Waals surface area (Å²) in [6, 6.07) is 0.386. The molecule has 0 bridgehead atoms. The maximum Gasteiger partial charge on any atom is 0.469 e. The third-order valence-electron chi connectivity index (χ3n) is 5.73. The molecule has 3 amide bonds. The Morgan fingerprint density at radius 2 is 1.63 bits per heavy atom. The minimum atomic E-state index is -4.60. The highest BCUT2D eigenvalue weighted by molar-refractivity contribution is 8.00. The van der Waals surface area contributed by atoms with Crippen LogP contribution in [0.3, 0.4) is 0 Å². The summed E-state index contributed by atoms with van der Waals surface area (Å²) in [5.41, 5.74) is 0.